The monoisotopic (exact) mass is 299 g/mol. The van der Waals surface area contributed by atoms with Gasteiger partial charge in [-0.1, -0.05) is 6.92 Å². The zero-order valence-electron chi connectivity index (χ0n) is 12.1. The molecule has 0 aromatic carbocycles. The van der Waals surface area contributed by atoms with Crippen LogP contribution in [0.15, 0.2) is 30.6 Å². The van der Waals surface area contributed by atoms with Crippen LogP contribution in [-0.4, -0.2) is 22.0 Å². The normalized spacial score (nSPS) is 11.0. The van der Waals surface area contributed by atoms with Gasteiger partial charge < -0.3 is 10.6 Å². The summed E-state index contributed by atoms with van der Waals surface area (Å²) in [6.45, 7) is 2.90. The van der Waals surface area contributed by atoms with Crippen molar-refractivity contribution in [1.29, 1.82) is 0 Å². The molecule has 5 nitrogen and oxygen atoms in total. The van der Waals surface area contributed by atoms with Gasteiger partial charge in [0.1, 0.15) is 10.6 Å². The molecule has 21 heavy (non-hydrogen) atoms. The first-order chi connectivity index (χ1) is 10.2. The molecule has 3 heterocycles. The van der Waals surface area contributed by atoms with Crippen LogP contribution in [0.3, 0.4) is 0 Å². The maximum atomic E-state index is 5.85. The number of rotatable bonds is 4. The van der Waals surface area contributed by atoms with Gasteiger partial charge in [-0.3, -0.25) is 4.98 Å². The Balaban J connectivity index is 2.00. The molecule has 2 N–H and O–H groups in total. The number of pyridine rings is 1. The van der Waals surface area contributed by atoms with Crippen molar-refractivity contribution in [2.45, 2.75) is 19.9 Å². The standard InChI is InChI=1S/C15H17N5S/c1-3-11-8-12-13(18-15(16)19-14(12)21-11)20(2)9-10-4-6-17-7-5-10/h4-8H,3,9H2,1-2H3,(H2,16,18,19). The van der Waals surface area contributed by atoms with Gasteiger partial charge in [-0.05, 0) is 30.2 Å². The summed E-state index contributed by atoms with van der Waals surface area (Å²) in [5.74, 6) is 1.20. The van der Waals surface area contributed by atoms with E-state index in [1.54, 1.807) is 23.7 Å². The van der Waals surface area contributed by atoms with Crippen molar-refractivity contribution in [3.8, 4) is 0 Å². The third-order valence-electron chi connectivity index (χ3n) is 3.32. The van der Waals surface area contributed by atoms with Crippen molar-refractivity contribution >= 4 is 33.3 Å². The van der Waals surface area contributed by atoms with E-state index in [4.69, 9.17) is 5.73 Å². The van der Waals surface area contributed by atoms with Gasteiger partial charge >= 0.3 is 0 Å². The van der Waals surface area contributed by atoms with Crippen LogP contribution in [0.2, 0.25) is 0 Å². The van der Waals surface area contributed by atoms with Crippen LogP contribution in [0.5, 0.6) is 0 Å². The van der Waals surface area contributed by atoms with Crippen LogP contribution in [0.4, 0.5) is 11.8 Å². The third kappa shape index (κ3) is 2.80. The fourth-order valence-corrected chi connectivity index (χ4v) is 3.24. The van der Waals surface area contributed by atoms with E-state index in [1.165, 1.54) is 10.4 Å². The molecule has 6 heteroatoms. The molecule has 0 radical (unpaired) electrons. The lowest BCUT2D eigenvalue weighted by Crippen LogP contribution is -2.18. The minimum Gasteiger partial charge on any atom is -0.368 e. The molecule has 0 aliphatic rings. The second-order valence-corrected chi connectivity index (χ2v) is 6.02. The summed E-state index contributed by atoms with van der Waals surface area (Å²) in [6, 6.07) is 6.17. The summed E-state index contributed by atoms with van der Waals surface area (Å²) >= 11 is 1.68. The van der Waals surface area contributed by atoms with E-state index < -0.39 is 0 Å². The minimum absolute atomic E-state index is 0.323. The second-order valence-electron chi connectivity index (χ2n) is 4.90. The maximum absolute atomic E-state index is 5.85. The molecular formula is C15H17N5S. The van der Waals surface area contributed by atoms with Crippen LogP contribution in [0.25, 0.3) is 10.2 Å². The quantitative estimate of drug-likeness (QED) is 0.802. The Kier molecular flexibility index (Phi) is 3.70. The van der Waals surface area contributed by atoms with E-state index in [-0.39, 0.29) is 0 Å². The average Bonchev–Trinajstić information content (AvgIpc) is 2.90. The molecule has 0 unspecified atom stereocenters. The van der Waals surface area contributed by atoms with Crippen LogP contribution >= 0.6 is 11.3 Å². The Morgan fingerprint density at radius 1 is 1.24 bits per heavy atom. The second kappa shape index (κ2) is 5.65. The smallest absolute Gasteiger partial charge is 0.223 e. The van der Waals surface area contributed by atoms with Crippen molar-refractivity contribution in [3.05, 3.63) is 41.0 Å². The number of hydrogen-bond acceptors (Lipinski definition) is 6. The molecule has 0 fully saturated rings. The number of nitrogen functional groups attached to an aromatic ring is 1. The molecule has 0 amide bonds. The van der Waals surface area contributed by atoms with Gasteiger partial charge in [0.15, 0.2) is 0 Å². The largest absolute Gasteiger partial charge is 0.368 e. The summed E-state index contributed by atoms with van der Waals surface area (Å²) in [5.41, 5.74) is 7.04. The molecule has 0 bridgehead atoms. The van der Waals surface area contributed by atoms with Crippen molar-refractivity contribution in [2.24, 2.45) is 0 Å². The van der Waals surface area contributed by atoms with Crippen molar-refractivity contribution in [3.63, 3.8) is 0 Å². The van der Waals surface area contributed by atoms with E-state index in [0.717, 1.165) is 29.0 Å². The summed E-state index contributed by atoms with van der Waals surface area (Å²) < 4.78 is 0. The highest BCUT2D eigenvalue weighted by atomic mass is 32.1. The molecule has 108 valence electrons. The topological polar surface area (TPSA) is 67.9 Å². The molecule has 0 aliphatic heterocycles. The van der Waals surface area contributed by atoms with Gasteiger partial charge in [0.25, 0.3) is 0 Å². The summed E-state index contributed by atoms with van der Waals surface area (Å²) in [7, 11) is 2.02. The lowest BCUT2D eigenvalue weighted by Gasteiger charge is -2.19. The number of thiophene rings is 1. The maximum Gasteiger partial charge on any atom is 0.223 e. The molecule has 3 aromatic heterocycles. The highest BCUT2D eigenvalue weighted by Gasteiger charge is 2.14. The predicted molar refractivity (Wildman–Crippen MR) is 87.5 cm³/mol. The van der Waals surface area contributed by atoms with E-state index in [0.29, 0.717) is 5.95 Å². The van der Waals surface area contributed by atoms with Gasteiger partial charge in [0.2, 0.25) is 5.95 Å². The van der Waals surface area contributed by atoms with Crippen molar-refractivity contribution < 1.29 is 0 Å². The molecule has 0 saturated heterocycles. The summed E-state index contributed by atoms with van der Waals surface area (Å²) in [6.07, 6.45) is 4.59. The third-order valence-corrected chi connectivity index (χ3v) is 4.49. The molecule has 3 rings (SSSR count). The number of fused-ring (bicyclic) bond motifs is 1. The van der Waals surface area contributed by atoms with Gasteiger partial charge in [-0.25, -0.2) is 4.98 Å². The zero-order chi connectivity index (χ0) is 14.8. The summed E-state index contributed by atoms with van der Waals surface area (Å²) in [5, 5.41) is 1.07. The lowest BCUT2D eigenvalue weighted by atomic mass is 10.2. The SMILES string of the molecule is CCc1cc2c(N(C)Cc3ccncc3)nc(N)nc2s1. The fraction of sp³-hybridized carbons (Fsp3) is 0.267. The highest BCUT2D eigenvalue weighted by molar-refractivity contribution is 7.18. The Morgan fingerprint density at radius 3 is 2.71 bits per heavy atom. The Labute approximate surface area is 127 Å². The zero-order valence-corrected chi connectivity index (χ0v) is 12.9. The first-order valence-electron chi connectivity index (χ1n) is 6.83. The molecular weight excluding hydrogens is 282 g/mol. The van der Waals surface area contributed by atoms with Gasteiger partial charge in [-0.2, -0.15) is 4.98 Å². The molecule has 0 aliphatic carbocycles. The van der Waals surface area contributed by atoms with Crippen LogP contribution in [0, 0.1) is 0 Å². The van der Waals surface area contributed by atoms with Crippen LogP contribution < -0.4 is 10.6 Å². The van der Waals surface area contributed by atoms with E-state index >= 15 is 0 Å². The number of hydrogen-bond donors (Lipinski definition) is 1. The fourth-order valence-electron chi connectivity index (χ4n) is 2.27. The van der Waals surface area contributed by atoms with Crippen LogP contribution in [0.1, 0.15) is 17.4 Å². The number of anilines is 2. The summed E-state index contributed by atoms with van der Waals surface area (Å²) in [4.78, 5) is 17.2. The lowest BCUT2D eigenvalue weighted by molar-refractivity contribution is 0.900. The Hall–Kier alpha value is -2.21. The van der Waals surface area contributed by atoms with E-state index in [2.05, 4.69) is 32.8 Å². The van der Waals surface area contributed by atoms with Gasteiger partial charge in [0.05, 0.1) is 5.39 Å². The number of aryl methyl sites for hydroxylation is 1. The molecule has 3 aromatic rings. The van der Waals surface area contributed by atoms with Crippen molar-refractivity contribution in [1.82, 2.24) is 15.0 Å². The highest BCUT2D eigenvalue weighted by Crippen LogP contribution is 2.31. The van der Waals surface area contributed by atoms with Gasteiger partial charge in [-0.15, -0.1) is 11.3 Å². The Bertz CT molecular complexity index is 753. The molecule has 0 atom stereocenters. The molecule has 0 spiro atoms. The Morgan fingerprint density at radius 2 is 2.00 bits per heavy atom. The predicted octanol–water partition coefficient (Wildman–Crippen LogP) is 2.87. The van der Waals surface area contributed by atoms with E-state index in [9.17, 15) is 0 Å². The van der Waals surface area contributed by atoms with Crippen molar-refractivity contribution in [2.75, 3.05) is 17.7 Å². The number of aromatic nitrogens is 3. The first kappa shape index (κ1) is 13.8. The molecule has 0 saturated carbocycles. The average molecular weight is 299 g/mol. The first-order valence-corrected chi connectivity index (χ1v) is 7.65. The minimum atomic E-state index is 0.323. The number of nitrogens with two attached hydrogens (primary N) is 1. The van der Waals surface area contributed by atoms with Crippen LogP contribution in [-0.2, 0) is 13.0 Å². The van der Waals surface area contributed by atoms with Gasteiger partial charge in [0, 0.05) is 30.9 Å². The number of nitrogens with zero attached hydrogens (tertiary/aromatic N) is 4. The van der Waals surface area contributed by atoms with E-state index in [1.807, 2.05) is 19.2 Å².